The van der Waals surface area contributed by atoms with Crippen molar-refractivity contribution in [1.82, 2.24) is 4.98 Å². The maximum Gasteiger partial charge on any atom is 0.195 e. The van der Waals surface area contributed by atoms with Crippen LogP contribution in [0.2, 0.25) is 44.5 Å². The highest BCUT2D eigenvalue weighted by molar-refractivity contribution is 9.10. The molecule has 2 rings (SSSR count). The molecule has 2 nitrogen and oxygen atoms in total. The topological polar surface area (TPSA) is 26.0 Å². The van der Waals surface area contributed by atoms with E-state index in [4.69, 9.17) is 16.0 Å². The first-order valence-electron chi connectivity index (χ1n) is 6.31. The molecule has 0 aliphatic rings. The normalized spacial score (nSPS) is 13.3. The van der Waals surface area contributed by atoms with E-state index in [1.807, 2.05) is 6.20 Å². The molecule has 0 atom stereocenters. The van der Waals surface area contributed by atoms with Crippen LogP contribution in [-0.4, -0.2) is 21.1 Å². The van der Waals surface area contributed by atoms with Crippen LogP contribution in [0.25, 0.3) is 11.1 Å². The third kappa shape index (κ3) is 2.70. The first kappa shape index (κ1) is 15.3. The van der Waals surface area contributed by atoms with E-state index in [1.165, 1.54) is 5.19 Å². The molecule has 0 unspecified atom stereocenters. The van der Waals surface area contributed by atoms with E-state index >= 15 is 0 Å². The van der Waals surface area contributed by atoms with E-state index in [1.54, 1.807) is 0 Å². The van der Waals surface area contributed by atoms with Crippen molar-refractivity contribution in [3.05, 3.63) is 15.9 Å². The van der Waals surface area contributed by atoms with Gasteiger partial charge in [0.05, 0.1) is 20.6 Å². The summed E-state index contributed by atoms with van der Waals surface area (Å²) in [5.41, 5.74) is 1.74. The molecular formula is C13H19BrClNOSi2. The Hall–Kier alpha value is -0.106. The third-order valence-corrected chi connectivity index (χ3v) is 8.69. The zero-order valence-electron chi connectivity index (χ0n) is 12.2. The summed E-state index contributed by atoms with van der Waals surface area (Å²) in [6.45, 7) is 13.7. The van der Waals surface area contributed by atoms with Crippen molar-refractivity contribution in [2.24, 2.45) is 0 Å². The number of aromatic nitrogens is 1. The molecule has 6 heteroatoms. The lowest BCUT2D eigenvalue weighted by Crippen LogP contribution is -2.40. The molecule has 0 aromatic carbocycles. The molecule has 0 fully saturated rings. The van der Waals surface area contributed by atoms with Gasteiger partial charge in [-0.15, -0.1) is 0 Å². The van der Waals surface area contributed by atoms with Crippen LogP contribution >= 0.6 is 27.5 Å². The van der Waals surface area contributed by atoms with E-state index < -0.39 is 16.1 Å². The van der Waals surface area contributed by atoms with Crippen molar-refractivity contribution >= 4 is 65.2 Å². The maximum absolute atomic E-state index is 6.31. The third-order valence-electron chi connectivity index (χ3n) is 3.16. The summed E-state index contributed by atoms with van der Waals surface area (Å²) in [5.74, 6) is 0. The standard InChI is InChI=1S/C13H19BrClNOSi2/c1-18(2,3)8-7-16-10-11(9(8)14)17-13(15)12(10)19(4,5)6/h7H,1-6H3. The van der Waals surface area contributed by atoms with E-state index in [0.717, 1.165) is 20.8 Å². The molecule has 2 heterocycles. The van der Waals surface area contributed by atoms with Crippen LogP contribution in [0.5, 0.6) is 0 Å². The predicted molar refractivity (Wildman–Crippen MR) is 92.7 cm³/mol. The number of hydrogen-bond acceptors (Lipinski definition) is 2. The molecule has 19 heavy (non-hydrogen) atoms. The van der Waals surface area contributed by atoms with E-state index in [2.05, 4.69) is 60.2 Å². The van der Waals surface area contributed by atoms with Gasteiger partial charge in [0.1, 0.15) is 5.52 Å². The van der Waals surface area contributed by atoms with Gasteiger partial charge in [-0.3, -0.25) is 4.98 Å². The van der Waals surface area contributed by atoms with Gasteiger partial charge in [-0.2, -0.15) is 0 Å². The van der Waals surface area contributed by atoms with Crippen LogP contribution in [0.15, 0.2) is 15.1 Å². The Morgan fingerprint density at radius 1 is 1.11 bits per heavy atom. The molecule has 2 aromatic rings. The average Bonchev–Trinajstić information content (AvgIpc) is 2.52. The van der Waals surface area contributed by atoms with Crippen LogP contribution in [0.1, 0.15) is 0 Å². The van der Waals surface area contributed by atoms with Gasteiger partial charge in [0.25, 0.3) is 0 Å². The lowest BCUT2D eigenvalue weighted by molar-refractivity contribution is 0.618. The van der Waals surface area contributed by atoms with Crippen molar-refractivity contribution in [3.63, 3.8) is 0 Å². The molecule has 0 bridgehead atoms. The second kappa shape index (κ2) is 4.72. The summed E-state index contributed by atoms with van der Waals surface area (Å²) >= 11 is 10.00. The Balaban J connectivity index is 2.82. The Morgan fingerprint density at radius 3 is 2.16 bits per heavy atom. The zero-order chi connectivity index (χ0) is 14.6. The summed E-state index contributed by atoms with van der Waals surface area (Å²) in [6, 6.07) is 0. The molecule has 0 radical (unpaired) electrons. The van der Waals surface area contributed by atoms with Crippen LogP contribution in [0.3, 0.4) is 0 Å². The molecule has 0 saturated carbocycles. The molecule has 0 N–H and O–H groups in total. The lowest BCUT2D eigenvalue weighted by atomic mass is 10.4. The smallest absolute Gasteiger partial charge is 0.195 e. The molecule has 104 valence electrons. The molecule has 2 aromatic heterocycles. The van der Waals surface area contributed by atoms with Crippen molar-refractivity contribution in [1.29, 1.82) is 0 Å². The van der Waals surface area contributed by atoms with Crippen LogP contribution in [0.4, 0.5) is 0 Å². The number of fused-ring (bicyclic) bond motifs is 1. The molecule has 0 spiro atoms. The summed E-state index contributed by atoms with van der Waals surface area (Å²) in [7, 11) is -3.02. The van der Waals surface area contributed by atoms with Crippen molar-refractivity contribution < 1.29 is 4.42 Å². The minimum absolute atomic E-state index is 0.509. The first-order valence-corrected chi connectivity index (χ1v) is 14.5. The van der Waals surface area contributed by atoms with Gasteiger partial charge in [0, 0.05) is 11.4 Å². The second-order valence-corrected chi connectivity index (χ2v) is 18.1. The van der Waals surface area contributed by atoms with Gasteiger partial charge in [0.15, 0.2) is 10.8 Å². The largest absolute Gasteiger partial charge is 0.442 e. The molecule has 0 aliphatic carbocycles. The Bertz CT molecular complexity index is 641. The molecular weight excluding hydrogens is 358 g/mol. The second-order valence-electron chi connectivity index (χ2n) is 6.91. The summed E-state index contributed by atoms with van der Waals surface area (Å²) in [6.07, 6.45) is 1.99. The van der Waals surface area contributed by atoms with E-state index in [9.17, 15) is 0 Å². The summed E-state index contributed by atoms with van der Waals surface area (Å²) in [5, 5.41) is 2.90. The first-order chi connectivity index (χ1) is 8.53. The summed E-state index contributed by atoms with van der Waals surface area (Å²) < 4.78 is 6.84. The highest BCUT2D eigenvalue weighted by atomic mass is 79.9. The average molecular weight is 377 g/mol. The fourth-order valence-electron chi connectivity index (χ4n) is 2.15. The fourth-order valence-corrected chi connectivity index (χ4v) is 8.07. The zero-order valence-corrected chi connectivity index (χ0v) is 16.5. The van der Waals surface area contributed by atoms with Gasteiger partial charge >= 0.3 is 0 Å². The number of rotatable bonds is 2. The lowest BCUT2D eigenvalue weighted by Gasteiger charge is -2.18. The number of nitrogens with zero attached hydrogens (tertiary/aromatic N) is 1. The van der Waals surface area contributed by atoms with Crippen LogP contribution in [-0.2, 0) is 0 Å². The van der Waals surface area contributed by atoms with Crippen molar-refractivity contribution in [3.8, 4) is 0 Å². The number of hydrogen-bond donors (Lipinski definition) is 0. The van der Waals surface area contributed by atoms with Gasteiger partial charge in [0.2, 0.25) is 0 Å². The maximum atomic E-state index is 6.31. The van der Waals surface area contributed by atoms with E-state index in [-0.39, 0.29) is 0 Å². The minimum Gasteiger partial charge on any atom is -0.442 e. The Kier molecular flexibility index (Phi) is 3.80. The van der Waals surface area contributed by atoms with Gasteiger partial charge in [-0.1, -0.05) is 39.3 Å². The van der Waals surface area contributed by atoms with Gasteiger partial charge in [-0.25, -0.2) is 0 Å². The fraction of sp³-hybridized carbons (Fsp3) is 0.462. The number of pyridine rings is 1. The Labute approximate surface area is 129 Å². The monoisotopic (exact) mass is 375 g/mol. The van der Waals surface area contributed by atoms with E-state index in [0.29, 0.717) is 5.22 Å². The quantitative estimate of drug-likeness (QED) is 0.729. The number of furan rings is 1. The van der Waals surface area contributed by atoms with Gasteiger partial charge in [-0.05, 0) is 32.7 Å². The van der Waals surface area contributed by atoms with Crippen molar-refractivity contribution in [2.45, 2.75) is 39.3 Å². The highest BCUT2D eigenvalue weighted by Gasteiger charge is 2.30. The highest BCUT2D eigenvalue weighted by Crippen LogP contribution is 2.29. The number of halogens is 2. The molecule has 0 aliphatic heterocycles. The van der Waals surface area contributed by atoms with Crippen LogP contribution < -0.4 is 10.4 Å². The predicted octanol–water partition coefficient (Wildman–Crippen LogP) is 4.33. The van der Waals surface area contributed by atoms with Gasteiger partial charge < -0.3 is 4.42 Å². The summed E-state index contributed by atoms with van der Waals surface area (Å²) in [4.78, 5) is 4.66. The van der Waals surface area contributed by atoms with Crippen LogP contribution in [0, 0.1) is 0 Å². The van der Waals surface area contributed by atoms with Crippen molar-refractivity contribution in [2.75, 3.05) is 0 Å². The molecule has 0 amide bonds. The minimum atomic E-state index is -1.57. The SMILES string of the molecule is C[Si](C)(C)c1cnc2c([Si](C)(C)C)c(Cl)oc2c1Br. The molecule has 0 saturated heterocycles. The Morgan fingerprint density at radius 2 is 1.68 bits per heavy atom.